The fourth-order valence-electron chi connectivity index (χ4n) is 2.52. The molecule has 1 aliphatic heterocycles. The van der Waals surface area contributed by atoms with E-state index >= 15 is 0 Å². The predicted molar refractivity (Wildman–Crippen MR) is 73.6 cm³/mol. The molecule has 0 spiro atoms. The molecule has 0 saturated carbocycles. The molecule has 0 radical (unpaired) electrons. The van der Waals surface area contributed by atoms with E-state index in [1.807, 2.05) is 6.92 Å². The zero-order chi connectivity index (χ0) is 14.8. The summed E-state index contributed by atoms with van der Waals surface area (Å²) in [6.45, 7) is 3.43. The molecule has 2 N–H and O–H groups in total. The van der Waals surface area contributed by atoms with Crippen LogP contribution in [-0.4, -0.2) is 67.7 Å². The summed E-state index contributed by atoms with van der Waals surface area (Å²) in [7, 11) is 0. The van der Waals surface area contributed by atoms with Crippen molar-refractivity contribution in [1.82, 2.24) is 30.2 Å². The maximum atomic E-state index is 12.3. The smallest absolute Gasteiger partial charge is 0.272 e. The number of carbonyl (C=O) groups is 2. The Morgan fingerprint density at radius 3 is 2.24 bits per heavy atom. The van der Waals surface area contributed by atoms with Crippen LogP contribution in [0.25, 0.3) is 0 Å². The van der Waals surface area contributed by atoms with Gasteiger partial charge < -0.3 is 9.80 Å². The topological polar surface area (TPSA) is 98.0 Å². The molecule has 8 nitrogen and oxygen atoms in total. The number of carbonyl (C=O) groups excluding carboxylic acids is 2. The maximum Gasteiger partial charge on any atom is 0.272 e. The van der Waals surface area contributed by atoms with Gasteiger partial charge in [-0.2, -0.15) is 10.2 Å². The van der Waals surface area contributed by atoms with Crippen molar-refractivity contribution in [1.29, 1.82) is 0 Å². The lowest BCUT2D eigenvalue weighted by Crippen LogP contribution is -2.55. The molecule has 2 aromatic rings. The number of aromatic nitrogens is 4. The molecule has 0 bridgehead atoms. The second kappa shape index (κ2) is 5.39. The molecule has 8 heteroatoms. The third-order valence-electron chi connectivity index (χ3n) is 3.64. The van der Waals surface area contributed by atoms with E-state index in [2.05, 4.69) is 20.4 Å². The van der Waals surface area contributed by atoms with E-state index in [0.29, 0.717) is 31.0 Å². The number of amides is 2. The van der Waals surface area contributed by atoms with Crippen molar-refractivity contribution < 1.29 is 9.59 Å². The number of nitrogens with zero attached hydrogens (tertiary/aromatic N) is 4. The Labute approximate surface area is 121 Å². The normalized spacial score (nSPS) is 18.8. The number of nitrogens with one attached hydrogen (secondary N) is 2. The summed E-state index contributed by atoms with van der Waals surface area (Å²) in [6, 6.07) is 3.24. The SMILES string of the molecule is C[C@@H]1CN(C(=O)c2ccn[nH]2)CCN1C(=O)c1ccn[nH]1. The van der Waals surface area contributed by atoms with Crippen LogP contribution in [0.4, 0.5) is 0 Å². The summed E-state index contributed by atoms with van der Waals surface area (Å²) in [5, 5.41) is 12.9. The summed E-state index contributed by atoms with van der Waals surface area (Å²) >= 11 is 0. The van der Waals surface area contributed by atoms with Crippen LogP contribution in [0.3, 0.4) is 0 Å². The van der Waals surface area contributed by atoms with Crippen LogP contribution in [0.1, 0.15) is 27.9 Å². The largest absolute Gasteiger partial charge is 0.334 e. The first kappa shape index (κ1) is 13.3. The molecule has 3 rings (SSSR count). The van der Waals surface area contributed by atoms with E-state index in [4.69, 9.17) is 0 Å². The van der Waals surface area contributed by atoms with Gasteiger partial charge in [-0.1, -0.05) is 0 Å². The lowest BCUT2D eigenvalue weighted by Gasteiger charge is -2.39. The molecule has 2 aromatic heterocycles. The zero-order valence-corrected chi connectivity index (χ0v) is 11.6. The molecule has 110 valence electrons. The summed E-state index contributed by atoms with van der Waals surface area (Å²) in [6.07, 6.45) is 3.10. The third kappa shape index (κ3) is 2.51. The molecule has 1 aliphatic rings. The van der Waals surface area contributed by atoms with Gasteiger partial charge in [-0.05, 0) is 19.1 Å². The zero-order valence-electron chi connectivity index (χ0n) is 11.6. The van der Waals surface area contributed by atoms with Crippen molar-refractivity contribution in [3.05, 3.63) is 35.9 Å². The fourth-order valence-corrected chi connectivity index (χ4v) is 2.52. The first-order valence-electron chi connectivity index (χ1n) is 6.76. The van der Waals surface area contributed by atoms with E-state index in [1.54, 1.807) is 34.3 Å². The van der Waals surface area contributed by atoms with Gasteiger partial charge in [-0.15, -0.1) is 0 Å². The highest BCUT2D eigenvalue weighted by atomic mass is 16.2. The number of aromatic amines is 2. The Morgan fingerprint density at radius 2 is 1.71 bits per heavy atom. The molecule has 21 heavy (non-hydrogen) atoms. The molecule has 1 atom stereocenters. The van der Waals surface area contributed by atoms with Gasteiger partial charge in [-0.3, -0.25) is 19.8 Å². The molecule has 0 aromatic carbocycles. The average molecular weight is 288 g/mol. The molecule has 0 unspecified atom stereocenters. The Hall–Kier alpha value is -2.64. The van der Waals surface area contributed by atoms with Crippen LogP contribution in [0, 0.1) is 0 Å². The average Bonchev–Trinajstić information content (AvgIpc) is 3.18. The van der Waals surface area contributed by atoms with Crippen LogP contribution in [-0.2, 0) is 0 Å². The van der Waals surface area contributed by atoms with Gasteiger partial charge in [0, 0.05) is 38.1 Å². The number of hydrogen-bond donors (Lipinski definition) is 2. The summed E-state index contributed by atoms with van der Waals surface area (Å²) < 4.78 is 0. The number of rotatable bonds is 2. The van der Waals surface area contributed by atoms with Gasteiger partial charge in [0.2, 0.25) is 0 Å². The van der Waals surface area contributed by atoms with E-state index in [-0.39, 0.29) is 17.9 Å². The van der Waals surface area contributed by atoms with E-state index < -0.39 is 0 Å². The predicted octanol–water partition coefficient (Wildman–Crippen LogP) is 0.119. The Kier molecular flexibility index (Phi) is 3.43. The lowest BCUT2D eigenvalue weighted by atomic mass is 10.1. The van der Waals surface area contributed by atoms with Gasteiger partial charge in [-0.25, -0.2) is 0 Å². The second-order valence-corrected chi connectivity index (χ2v) is 5.04. The van der Waals surface area contributed by atoms with Crippen LogP contribution in [0.5, 0.6) is 0 Å². The van der Waals surface area contributed by atoms with Crippen molar-refractivity contribution >= 4 is 11.8 Å². The molecule has 2 amide bonds. The van der Waals surface area contributed by atoms with Gasteiger partial charge in [0.1, 0.15) is 11.4 Å². The minimum absolute atomic E-state index is 0.0542. The first-order chi connectivity index (χ1) is 10.2. The van der Waals surface area contributed by atoms with Crippen molar-refractivity contribution in [2.45, 2.75) is 13.0 Å². The maximum absolute atomic E-state index is 12.3. The van der Waals surface area contributed by atoms with Gasteiger partial charge in [0.05, 0.1) is 0 Å². The Balaban J connectivity index is 1.67. The Morgan fingerprint density at radius 1 is 1.10 bits per heavy atom. The molecule has 1 saturated heterocycles. The summed E-state index contributed by atoms with van der Waals surface area (Å²) in [4.78, 5) is 28.0. The Bertz CT molecular complexity index is 621. The highest BCUT2D eigenvalue weighted by Gasteiger charge is 2.31. The van der Waals surface area contributed by atoms with Crippen LogP contribution < -0.4 is 0 Å². The van der Waals surface area contributed by atoms with Gasteiger partial charge in [0.25, 0.3) is 11.8 Å². The van der Waals surface area contributed by atoms with Crippen LogP contribution >= 0.6 is 0 Å². The fraction of sp³-hybridized carbons (Fsp3) is 0.385. The summed E-state index contributed by atoms with van der Waals surface area (Å²) in [5.74, 6) is -0.179. The molecule has 3 heterocycles. The number of hydrogen-bond acceptors (Lipinski definition) is 4. The molecular weight excluding hydrogens is 272 g/mol. The molecule has 0 aliphatic carbocycles. The van der Waals surface area contributed by atoms with E-state index in [1.165, 1.54) is 0 Å². The van der Waals surface area contributed by atoms with Crippen LogP contribution in [0.2, 0.25) is 0 Å². The van der Waals surface area contributed by atoms with Gasteiger partial charge >= 0.3 is 0 Å². The van der Waals surface area contributed by atoms with Gasteiger partial charge in [0.15, 0.2) is 0 Å². The lowest BCUT2D eigenvalue weighted by molar-refractivity contribution is 0.0408. The van der Waals surface area contributed by atoms with Crippen molar-refractivity contribution in [2.75, 3.05) is 19.6 Å². The highest BCUT2D eigenvalue weighted by Crippen LogP contribution is 2.14. The number of piperazine rings is 1. The van der Waals surface area contributed by atoms with Crippen molar-refractivity contribution in [2.24, 2.45) is 0 Å². The number of H-pyrrole nitrogens is 2. The standard InChI is InChI=1S/C13H16N6O2/c1-9-8-18(12(20)10-2-4-14-16-10)6-7-19(9)13(21)11-3-5-15-17-11/h2-5,9H,6-8H2,1H3,(H,14,16)(H,15,17)/t9-/m1/s1. The quantitative estimate of drug-likeness (QED) is 0.820. The van der Waals surface area contributed by atoms with Crippen LogP contribution in [0.15, 0.2) is 24.5 Å². The molecular formula is C13H16N6O2. The minimum atomic E-state index is -0.0898. The molecule has 1 fully saturated rings. The van der Waals surface area contributed by atoms with E-state index in [0.717, 1.165) is 0 Å². The summed E-state index contributed by atoms with van der Waals surface area (Å²) in [5.41, 5.74) is 0.936. The third-order valence-corrected chi connectivity index (χ3v) is 3.64. The highest BCUT2D eigenvalue weighted by molar-refractivity contribution is 5.94. The van der Waals surface area contributed by atoms with Crippen molar-refractivity contribution in [3.63, 3.8) is 0 Å². The minimum Gasteiger partial charge on any atom is -0.334 e. The van der Waals surface area contributed by atoms with Crippen molar-refractivity contribution in [3.8, 4) is 0 Å². The first-order valence-corrected chi connectivity index (χ1v) is 6.76. The monoisotopic (exact) mass is 288 g/mol. The van der Waals surface area contributed by atoms with E-state index in [9.17, 15) is 9.59 Å². The second-order valence-electron chi connectivity index (χ2n) is 5.04.